The van der Waals surface area contributed by atoms with Crippen LogP contribution >= 0.6 is 0 Å². The molecular weight excluding hydrogens is 322 g/mol. The molecule has 9 nitrogen and oxygen atoms in total. The summed E-state index contributed by atoms with van der Waals surface area (Å²) in [5.74, 6) is 0.367. The van der Waals surface area contributed by atoms with Crippen molar-refractivity contribution in [1.82, 2.24) is 29.9 Å². The van der Waals surface area contributed by atoms with Crippen molar-refractivity contribution >= 4 is 11.6 Å². The molecule has 124 valence electrons. The number of hydrogen-bond donors (Lipinski definition) is 2. The van der Waals surface area contributed by atoms with Crippen LogP contribution in [0.4, 0.5) is 5.69 Å². The maximum absolute atomic E-state index is 12.4. The van der Waals surface area contributed by atoms with Crippen LogP contribution in [0.2, 0.25) is 0 Å². The molecule has 4 aromatic heterocycles. The number of aryl methyl sites for hydroxylation is 1. The molecule has 0 fully saturated rings. The number of rotatable bonds is 4. The van der Waals surface area contributed by atoms with Crippen LogP contribution < -0.4 is 5.32 Å². The van der Waals surface area contributed by atoms with Crippen molar-refractivity contribution in [2.75, 3.05) is 5.32 Å². The van der Waals surface area contributed by atoms with Gasteiger partial charge >= 0.3 is 0 Å². The largest absolute Gasteiger partial charge is 0.451 e. The maximum atomic E-state index is 12.4. The molecule has 4 rings (SSSR count). The Hall–Kier alpha value is -3.75. The van der Waals surface area contributed by atoms with Crippen molar-refractivity contribution in [3.63, 3.8) is 0 Å². The van der Waals surface area contributed by atoms with Crippen molar-refractivity contribution < 1.29 is 9.21 Å². The van der Waals surface area contributed by atoms with Gasteiger partial charge in [0.1, 0.15) is 17.1 Å². The number of furan rings is 1. The second-order valence-corrected chi connectivity index (χ2v) is 5.27. The van der Waals surface area contributed by atoms with Crippen LogP contribution in [-0.2, 0) is 7.05 Å². The SMILES string of the molecule is Cn1cc(-c2ccc(C(=O)Nc3cn[nH]c3-c3cnccn3)o2)cn1. The first kappa shape index (κ1) is 14.8. The van der Waals surface area contributed by atoms with Crippen LogP contribution in [0.15, 0.2) is 53.7 Å². The van der Waals surface area contributed by atoms with Gasteiger partial charge in [0.15, 0.2) is 5.76 Å². The summed E-state index contributed by atoms with van der Waals surface area (Å²) in [6.07, 6.45) is 9.70. The Kier molecular flexibility index (Phi) is 3.58. The van der Waals surface area contributed by atoms with Gasteiger partial charge in [0, 0.05) is 25.6 Å². The summed E-state index contributed by atoms with van der Waals surface area (Å²) in [6.45, 7) is 0. The van der Waals surface area contributed by atoms with Gasteiger partial charge < -0.3 is 9.73 Å². The zero-order valence-electron chi connectivity index (χ0n) is 13.2. The van der Waals surface area contributed by atoms with Crippen molar-refractivity contribution in [2.45, 2.75) is 0 Å². The molecule has 0 saturated heterocycles. The van der Waals surface area contributed by atoms with Crippen LogP contribution in [0.1, 0.15) is 10.6 Å². The molecule has 0 aliphatic rings. The number of amides is 1. The Bertz CT molecular complexity index is 1020. The fourth-order valence-electron chi connectivity index (χ4n) is 2.35. The highest BCUT2D eigenvalue weighted by Gasteiger charge is 2.17. The van der Waals surface area contributed by atoms with E-state index in [1.54, 1.807) is 41.6 Å². The molecule has 1 amide bonds. The monoisotopic (exact) mass is 335 g/mol. The van der Waals surface area contributed by atoms with Gasteiger partial charge in [-0.05, 0) is 12.1 Å². The van der Waals surface area contributed by atoms with Crippen LogP contribution in [0.3, 0.4) is 0 Å². The minimum absolute atomic E-state index is 0.185. The summed E-state index contributed by atoms with van der Waals surface area (Å²) in [6, 6.07) is 3.34. The van der Waals surface area contributed by atoms with Gasteiger partial charge in [0.2, 0.25) is 0 Å². The third-order valence-electron chi connectivity index (χ3n) is 3.53. The molecule has 0 spiro atoms. The van der Waals surface area contributed by atoms with Gasteiger partial charge in [0.25, 0.3) is 5.91 Å². The average Bonchev–Trinajstić information content (AvgIpc) is 3.35. The lowest BCUT2D eigenvalue weighted by Crippen LogP contribution is -2.11. The molecule has 0 aromatic carbocycles. The number of aromatic amines is 1. The summed E-state index contributed by atoms with van der Waals surface area (Å²) < 4.78 is 7.28. The van der Waals surface area contributed by atoms with Crippen molar-refractivity contribution in [3.05, 3.63) is 55.1 Å². The minimum Gasteiger partial charge on any atom is -0.451 e. The predicted molar refractivity (Wildman–Crippen MR) is 88.5 cm³/mol. The molecule has 0 unspecified atom stereocenters. The van der Waals surface area contributed by atoms with Gasteiger partial charge in [-0.15, -0.1) is 0 Å². The molecular formula is C16H13N7O2. The fraction of sp³-hybridized carbons (Fsp3) is 0.0625. The molecule has 2 N–H and O–H groups in total. The molecule has 0 aliphatic heterocycles. The lowest BCUT2D eigenvalue weighted by atomic mass is 10.2. The summed E-state index contributed by atoms with van der Waals surface area (Å²) in [4.78, 5) is 20.6. The van der Waals surface area contributed by atoms with E-state index in [1.807, 2.05) is 13.2 Å². The summed E-state index contributed by atoms with van der Waals surface area (Å²) in [5, 5.41) is 13.6. The maximum Gasteiger partial charge on any atom is 0.291 e. The summed E-state index contributed by atoms with van der Waals surface area (Å²) >= 11 is 0. The molecule has 0 saturated carbocycles. The van der Waals surface area contributed by atoms with Gasteiger partial charge in [0.05, 0.1) is 29.8 Å². The highest BCUT2D eigenvalue weighted by Crippen LogP contribution is 2.25. The van der Waals surface area contributed by atoms with Gasteiger partial charge in [-0.1, -0.05) is 0 Å². The molecule has 25 heavy (non-hydrogen) atoms. The highest BCUT2D eigenvalue weighted by atomic mass is 16.3. The second kappa shape index (κ2) is 6.04. The van der Waals surface area contributed by atoms with Gasteiger partial charge in [-0.3, -0.25) is 24.5 Å². The van der Waals surface area contributed by atoms with E-state index in [9.17, 15) is 4.79 Å². The van der Waals surface area contributed by atoms with Gasteiger partial charge in [-0.25, -0.2) is 0 Å². The molecule has 4 heterocycles. The smallest absolute Gasteiger partial charge is 0.291 e. The van der Waals surface area contributed by atoms with E-state index < -0.39 is 0 Å². The predicted octanol–water partition coefficient (Wildman–Crippen LogP) is 2.11. The Balaban J connectivity index is 1.56. The van der Waals surface area contributed by atoms with Crippen molar-refractivity contribution in [1.29, 1.82) is 0 Å². The minimum atomic E-state index is -0.387. The Labute approximate surface area is 141 Å². The molecule has 9 heteroatoms. The van der Waals surface area contributed by atoms with E-state index in [0.29, 0.717) is 22.8 Å². The van der Waals surface area contributed by atoms with Crippen molar-refractivity contribution in [3.8, 4) is 22.7 Å². The van der Waals surface area contributed by atoms with E-state index in [4.69, 9.17) is 4.42 Å². The third-order valence-corrected chi connectivity index (χ3v) is 3.53. The van der Waals surface area contributed by atoms with Crippen LogP contribution in [0.25, 0.3) is 22.7 Å². The van der Waals surface area contributed by atoms with Crippen LogP contribution in [-0.4, -0.2) is 35.9 Å². The zero-order chi connectivity index (χ0) is 17.2. The zero-order valence-corrected chi connectivity index (χ0v) is 13.2. The number of carbonyl (C=O) groups is 1. The fourth-order valence-corrected chi connectivity index (χ4v) is 2.35. The topological polar surface area (TPSA) is 115 Å². The number of aromatic nitrogens is 6. The van der Waals surface area contributed by atoms with Crippen LogP contribution in [0, 0.1) is 0 Å². The summed E-state index contributed by atoms with van der Waals surface area (Å²) in [5.41, 5.74) is 2.43. The molecule has 0 aliphatic carbocycles. The van der Waals surface area contributed by atoms with E-state index >= 15 is 0 Å². The van der Waals surface area contributed by atoms with Gasteiger partial charge in [-0.2, -0.15) is 10.2 Å². The molecule has 0 radical (unpaired) electrons. The van der Waals surface area contributed by atoms with Crippen LogP contribution in [0.5, 0.6) is 0 Å². The first-order chi connectivity index (χ1) is 12.2. The lowest BCUT2D eigenvalue weighted by Gasteiger charge is -2.03. The highest BCUT2D eigenvalue weighted by molar-refractivity contribution is 6.04. The average molecular weight is 335 g/mol. The Morgan fingerprint density at radius 1 is 1.24 bits per heavy atom. The van der Waals surface area contributed by atoms with E-state index in [2.05, 4.69) is 30.6 Å². The Morgan fingerprint density at radius 2 is 2.16 bits per heavy atom. The summed E-state index contributed by atoms with van der Waals surface area (Å²) in [7, 11) is 1.81. The van der Waals surface area contributed by atoms with E-state index in [0.717, 1.165) is 5.56 Å². The number of nitrogens with one attached hydrogen (secondary N) is 2. The normalized spacial score (nSPS) is 10.8. The molecule has 0 atom stereocenters. The second-order valence-electron chi connectivity index (χ2n) is 5.27. The Morgan fingerprint density at radius 3 is 2.92 bits per heavy atom. The lowest BCUT2D eigenvalue weighted by molar-refractivity contribution is 0.0997. The standard InChI is InChI=1S/C16H13N7O2/c1-23-9-10(6-20-23)13-2-3-14(25-13)16(24)21-12-8-19-22-15(12)11-7-17-4-5-18-11/h2-9H,1H3,(H,19,22)(H,21,24). The first-order valence-corrected chi connectivity index (χ1v) is 7.40. The molecule has 4 aromatic rings. The number of H-pyrrole nitrogens is 1. The van der Waals surface area contributed by atoms with Crippen molar-refractivity contribution in [2.24, 2.45) is 7.05 Å². The number of anilines is 1. The number of carbonyl (C=O) groups excluding carboxylic acids is 1. The number of nitrogens with zero attached hydrogens (tertiary/aromatic N) is 5. The third kappa shape index (κ3) is 2.90. The van der Waals surface area contributed by atoms with E-state index in [1.165, 1.54) is 6.20 Å². The number of hydrogen-bond acceptors (Lipinski definition) is 6. The van der Waals surface area contributed by atoms with E-state index in [-0.39, 0.29) is 11.7 Å². The first-order valence-electron chi connectivity index (χ1n) is 7.40. The molecule has 0 bridgehead atoms. The quantitative estimate of drug-likeness (QED) is 0.590.